The molecule has 0 aliphatic carbocycles. The van der Waals surface area contributed by atoms with Crippen molar-refractivity contribution >= 4 is 17.2 Å². The Morgan fingerprint density at radius 3 is 2.76 bits per heavy atom. The summed E-state index contributed by atoms with van der Waals surface area (Å²) >= 11 is 4.90. The topological polar surface area (TPSA) is 32.5 Å². The van der Waals surface area contributed by atoms with Gasteiger partial charge in [0.15, 0.2) is 0 Å². The second-order valence-electron chi connectivity index (χ2n) is 6.06. The maximum atomic E-state index is 14.4. The van der Waals surface area contributed by atoms with Gasteiger partial charge < -0.3 is 5.73 Å². The van der Waals surface area contributed by atoms with E-state index in [0.29, 0.717) is 23.7 Å². The molecule has 0 saturated carbocycles. The van der Waals surface area contributed by atoms with E-state index < -0.39 is 0 Å². The average Bonchev–Trinajstić information content (AvgIpc) is 3.11. The molecule has 0 bridgehead atoms. The molecule has 0 radical (unpaired) electrons. The molecule has 2 aliphatic rings. The van der Waals surface area contributed by atoms with Crippen molar-refractivity contribution in [3.8, 4) is 0 Å². The van der Waals surface area contributed by atoms with Gasteiger partial charge in [-0.1, -0.05) is 24.4 Å². The number of hydrogen-bond acceptors (Lipinski definition) is 3. The highest BCUT2D eigenvalue weighted by Gasteiger charge is 2.29. The number of hydrogen-bond donors (Lipinski definition) is 1. The Kier molecular flexibility index (Phi) is 4.52. The minimum atomic E-state index is -0.255. The van der Waals surface area contributed by atoms with Gasteiger partial charge in [-0.05, 0) is 38.4 Å². The number of nitrogens with two attached hydrogens (primary N) is 1. The lowest BCUT2D eigenvalue weighted by Gasteiger charge is -2.24. The number of halogens is 1. The largest absolute Gasteiger partial charge is 0.389 e. The summed E-state index contributed by atoms with van der Waals surface area (Å²) in [4.78, 5) is 5.05. The molecule has 1 atom stereocenters. The first-order valence-electron chi connectivity index (χ1n) is 7.69. The number of likely N-dealkylation sites (tertiary alicyclic amines) is 2. The Morgan fingerprint density at radius 1 is 1.29 bits per heavy atom. The van der Waals surface area contributed by atoms with Crippen molar-refractivity contribution in [1.82, 2.24) is 9.80 Å². The van der Waals surface area contributed by atoms with E-state index in [9.17, 15) is 4.39 Å². The SMILES string of the molecule is NC(=S)c1cccc(CN2CCC(N3CCCC3)C2)c1F. The summed E-state index contributed by atoms with van der Waals surface area (Å²) in [5, 5.41) is 0. The standard InChI is InChI=1S/C16H22FN3S/c17-15-12(4-3-5-14(15)16(18)21)10-19-9-6-13(11-19)20-7-1-2-8-20/h3-5,13H,1-2,6-11H2,(H2,18,21). The average molecular weight is 307 g/mol. The summed E-state index contributed by atoms with van der Waals surface area (Å²) in [6.07, 6.45) is 3.83. The fourth-order valence-corrected chi connectivity index (χ4v) is 3.65. The summed E-state index contributed by atoms with van der Waals surface area (Å²) in [5.74, 6) is -0.255. The predicted octanol–water partition coefficient (Wildman–Crippen LogP) is 2.13. The van der Waals surface area contributed by atoms with Crippen LogP contribution in [0.25, 0.3) is 0 Å². The van der Waals surface area contributed by atoms with Gasteiger partial charge in [-0.25, -0.2) is 4.39 Å². The molecule has 3 nitrogen and oxygen atoms in total. The van der Waals surface area contributed by atoms with Crippen LogP contribution in [0.5, 0.6) is 0 Å². The van der Waals surface area contributed by atoms with Crippen LogP contribution in [0.1, 0.15) is 30.4 Å². The lowest BCUT2D eigenvalue weighted by atomic mass is 10.1. The van der Waals surface area contributed by atoms with E-state index in [1.54, 1.807) is 6.07 Å². The third kappa shape index (κ3) is 3.25. The first-order valence-corrected chi connectivity index (χ1v) is 8.09. The summed E-state index contributed by atoms with van der Waals surface area (Å²) < 4.78 is 14.4. The van der Waals surface area contributed by atoms with Crippen molar-refractivity contribution in [2.75, 3.05) is 26.2 Å². The number of thiocarbonyl (C=S) groups is 1. The molecule has 0 amide bonds. The third-order valence-electron chi connectivity index (χ3n) is 4.64. The van der Waals surface area contributed by atoms with Gasteiger partial charge in [0, 0.05) is 36.8 Å². The van der Waals surface area contributed by atoms with E-state index in [1.807, 2.05) is 12.1 Å². The van der Waals surface area contributed by atoms with Crippen LogP contribution in [0.15, 0.2) is 18.2 Å². The maximum absolute atomic E-state index is 14.4. The smallest absolute Gasteiger partial charge is 0.137 e. The zero-order chi connectivity index (χ0) is 14.8. The van der Waals surface area contributed by atoms with Crippen LogP contribution >= 0.6 is 12.2 Å². The van der Waals surface area contributed by atoms with Crippen LogP contribution in [-0.2, 0) is 6.54 Å². The number of benzene rings is 1. The Hall–Kier alpha value is -1.04. The minimum absolute atomic E-state index is 0.130. The maximum Gasteiger partial charge on any atom is 0.137 e. The van der Waals surface area contributed by atoms with Crippen LogP contribution in [0.3, 0.4) is 0 Å². The molecule has 0 aromatic heterocycles. The fraction of sp³-hybridized carbons (Fsp3) is 0.562. The molecule has 114 valence electrons. The molecule has 21 heavy (non-hydrogen) atoms. The van der Waals surface area contributed by atoms with Crippen molar-refractivity contribution in [2.24, 2.45) is 5.73 Å². The predicted molar refractivity (Wildman–Crippen MR) is 86.8 cm³/mol. The van der Waals surface area contributed by atoms with Crippen molar-refractivity contribution in [3.05, 3.63) is 35.1 Å². The van der Waals surface area contributed by atoms with Gasteiger partial charge in [0.05, 0.1) is 0 Å². The van der Waals surface area contributed by atoms with Crippen molar-refractivity contribution in [3.63, 3.8) is 0 Å². The lowest BCUT2D eigenvalue weighted by molar-refractivity contribution is 0.229. The highest BCUT2D eigenvalue weighted by atomic mass is 32.1. The van der Waals surface area contributed by atoms with Crippen LogP contribution in [0, 0.1) is 5.82 Å². The highest BCUT2D eigenvalue weighted by molar-refractivity contribution is 7.80. The van der Waals surface area contributed by atoms with E-state index in [1.165, 1.54) is 32.4 Å². The van der Waals surface area contributed by atoms with Crippen LogP contribution in [0.2, 0.25) is 0 Å². The molecule has 1 unspecified atom stereocenters. The Morgan fingerprint density at radius 2 is 2.05 bits per heavy atom. The first kappa shape index (κ1) is 14.9. The van der Waals surface area contributed by atoms with Crippen LogP contribution in [0.4, 0.5) is 4.39 Å². The molecule has 2 N–H and O–H groups in total. The third-order valence-corrected chi connectivity index (χ3v) is 4.86. The molecule has 1 aromatic carbocycles. The molecule has 2 fully saturated rings. The van der Waals surface area contributed by atoms with Gasteiger partial charge in [-0.3, -0.25) is 9.80 Å². The second-order valence-corrected chi connectivity index (χ2v) is 6.50. The fourth-order valence-electron chi connectivity index (χ4n) is 3.49. The monoisotopic (exact) mass is 307 g/mol. The van der Waals surface area contributed by atoms with Gasteiger partial charge in [0.2, 0.25) is 0 Å². The molecular weight excluding hydrogens is 285 g/mol. The van der Waals surface area contributed by atoms with Gasteiger partial charge in [0.1, 0.15) is 10.8 Å². The lowest BCUT2D eigenvalue weighted by Crippen LogP contribution is -2.35. The van der Waals surface area contributed by atoms with Crippen LogP contribution < -0.4 is 5.73 Å². The van der Waals surface area contributed by atoms with Gasteiger partial charge in [-0.2, -0.15) is 0 Å². The van der Waals surface area contributed by atoms with E-state index in [4.69, 9.17) is 18.0 Å². The normalized spacial score (nSPS) is 23.8. The van der Waals surface area contributed by atoms with E-state index >= 15 is 0 Å². The summed E-state index contributed by atoms with van der Waals surface area (Å²) in [6, 6.07) is 5.97. The summed E-state index contributed by atoms with van der Waals surface area (Å²) in [6.45, 7) is 5.18. The van der Waals surface area contributed by atoms with Crippen molar-refractivity contribution < 1.29 is 4.39 Å². The zero-order valence-electron chi connectivity index (χ0n) is 12.2. The zero-order valence-corrected chi connectivity index (χ0v) is 13.0. The molecular formula is C16H22FN3S. The number of nitrogens with zero attached hydrogens (tertiary/aromatic N) is 2. The molecule has 1 aromatic rings. The quantitative estimate of drug-likeness (QED) is 0.864. The second kappa shape index (κ2) is 6.38. The summed E-state index contributed by atoms with van der Waals surface area (Å²) in [7, 11) is 0. The van der Waals surface area contributed by atoms with Gasteiger partial charge in [0.25, 0.3) is 0 Å². The van der Waals surface area contributed by atoms with Crippen molar-refractivity contribution in [2.45, 2.75) is 31.8 Å². The van der Waals surface area contributed by atoms with Crippen LogP contribution in [-0.4, -0.2) is 47.0 Å². The van der Waals surface area contributed by atoms with Gasteiger partial charge >= 0.3 is 0 Å². The number of rotatable bonds is 4. The molecule has 3 rings (SSSR count). The molecule has 2 saturated heterocycles. The van der Waals surface area contributed by atoms with E-state index in [2.05, 4.69) is 9.80 Å². The van der Waals surface area contributed by atoms with E-state index in [-0.39, 0.29) is 10.8 Å². The molecule has 0 spiro atoms. The molecule has 2 heterocycles. The summed E-state index contributed by atoms with van der Waals surface area (Å²) in [5.41, 5.74) is 6.62. The first-order chi connectivity index (χ1) is 10.1. The highest BCUT2D eigenvalue weighted by Crippen LogP contribution is 2.23. The van der Waals surface area contributed by atoms with E-state index in [0.717, 1.165) is 13.1 Å². The van der Waals surface area contributed by atoms with Crippen molar-refractivity contribution in [1.29, 1.82) is 0 Å². The Balaban J connectivity index is 1.65. The minimum Gasteiger partial charge on any atom is -0.389 e. The Labute approximate surface area is 130 Å². The van der Waals surface area contributed by atoms with Gasteiger partial charge in [-0.15, -0.1) is 0 Å². The molecule has 5 heteroatoms. The Bertz CT molecular complexity index is 528. The molecule has 2 aliphatic heterocycles.